The van der Waals surface area contributed by atoms with Gasteiger partial charge in [0.15, 0.2) is 0 Å². The zero-order valence-electron chi connectivity index (χ0n) is 7.05. The molecule has 0 aliphatic carbocycles. The normalized spacial score (nSPS) is 10.5. The summed E-state index contributed by atoms with van der Waals surface area (Å²) in [5.41, 5.74) is 0. The van der Waals surface area contributed by atoms with Crippen molar-refractivity contribution in [3.05, 3.63) is 17.8 Å². The molecule has 0 spiro atoms. The number of nitrogens with zero attached hydrogens (tertiary/aromatic N) is 1. The molecule has 12 heavy (non-hydrogen) atoms. The zero-order valence-corrected chi connectivity index (χ0v) is 7.80. The van der Waals surface area contributed by atoms with Gasteiger partial charge in [-0.2, -0.15) is 0 Å². The van der Waals surface area contributed by atoms with Gasteiger partial charge in [-0.15, -0.1) is 11.6 Å². The third-order valence-corrected chi connectivity index (χ3v) is 1.72. The predicted octanol–water partition coefficient (Wildman–Crippen LogP) is 1.99. The summed E-state index contributed by atoms with van der Waals surface area (Å²) >= 11 is 5.52. The van der Waals surface area contributed by atoms with Crippen LogP contribution in [0.5, 0.6) is 0 Å². The van der Waals surface area contributed by atoms with Gasteiger partial charge >= 0.3 is 0 Å². The fraction of sp³-hybridized carbons (Fsp3) is 0.625. The molecule has 1 aromatic rings. The summed E-state index contributed by atoms with van der Waals surface area (Å²) in [6.45, 7) is 0.747. The lowest BCUT2D eigenvalue weighted by Gasteiger charge is -1.94. The standard InChI is InChI=1S/C8H12ClNO2/c1-11-4-2-3-7-6-10-8(5-9)12-7/h6H,2-5H2,1H3. The summed E-state index contributed by atoms with van der Waals surface area (Å²) in [6, 6.07) is 0. The van der Waals surface area contributed by atoms with Gasteiger partial charge in [-0.05, 0) is 6.42 Å². The van der Waals surface area contributed by atoms with E-state index in [1.165, 1.54) is 0 Å². The number of rotatable bonds is 5. The summed E-state index contributed by atoms with van der Waals surface area (Å²) in [5, 5.41) is 0. The van der Waals surface area contributed by atoms with E-state index in [-0.39, 0.29) is 0 Å². The Morgan fingerprint density at radius 3 is 3.08 bits per heavy atom. The Bertz CT molecular complexity index is 225. The molecule has 0 aliphatic heterocycles. The minimum Gasteiger partial charge on any atom is -0.444 e. The van der Waals surface area contributed by atoms with E-state index in [4.69, 9.17) is 20.8 Å². The number of methoxy groups -OCH3 is 1. The average molecular weight is 190 g/mol. The molecule has 0 aromatic carbocycles. The van der Waals surface area contributed by atoms with Crippen molar-refractivity contribution in [1.29, 1.82) is 0 Å². The number of aromatic nitrogens is 1. The summed E-state index contributed by atoms with van der Waals surface area (Å²) in [4.78, 5) is 3.97. The first-order valence-electron chi connectivity index (χ1n) is 3.85. The second-order valence-corrected chi connectivity index (χ2v) is 2.72. The smallest absolute Gasteiger partial charge is 0.209 e. The topological polar surface area (TPSA) is 35.3 Å². The number of alkyl halides is 1. The Balaban J connectivity index is 2.31. The highest BCUT2D eigenvalue weighted by Gasteiger charge is 2.01. The van der Waals surface area contributed by atoms with Crippen molar-refractivity contribution in [2.75, 3.05) is 13.7 Å². The lowest BCUT2D eigenvalue weighted by Crippen LogP contribution is -1.90. The van der Waals surface area contributed by atoms with Crippen molar-refractivity contribution in [2.24, 2.45) is 0 Å². The Morgan fingerprint density at radius 1 is 1.67 bits per heavy atom. The van der Waals surface area contributed by atoms with E-state index in [0.29, 0.717) is 11.8 Å². The van der Waals surface area contributed by atoms with Crippen LogP contribution in [0, 0.1) is 0 Å². The lowest BCUT2D eigenvalue weighted by atomic mass is 10.3. The van der Waals surface area contributed by atoms with Gasteiger partial charge < -0.3 is 9.15 Å². The van der Waals surface area contributed by atoms with E-state index >= 15 is 0 Å². The summed E-state index contributed by atoms with van der Waals surface area (Å²) in [6.07, 6.45) is 3.53. The molecular weight excluding hydrogens is 178 g/mol. The molecule has 0 amide bonds. The van der Waals surface area contributed by atoms with Gasteiger partial charge in [0.1, 0.15) is 5.76 Å². The molecule has 1 heterocycles. The molecule has 0 unspecified atom stereocenters. The Labute approximate surface area is 76.7 Å². The third kappa shape index (κ3) is 2.83. The van der Waals surface area contributed by atoms with Crippen LogP contribution in [0.1, 0.15) is 18.1 Å². The fourth-order valence-corrected chi connectivity index (χ4v) is 1.04. The molecule has 4 heteroatoms. The summed E-state index contributed by atoms with van der Waals surface area (Å²) in [7, 11) is 1.69. The van der Waals surface area contributed by atoms with Gasteiger partial charge in [0.25, 0.3) is 0 Å². The van der Waals surface area contributed by atoms with Crippen LogP contribution in [-0.2, 0) is 17.0 Å². The molecular formula is C8H12ClNO2. The molecule has 1 aromatic heterocycles. The monoisotopic (exact) mass is 189 g/mol. The maximum absolute atomic E-state index is 5.52. The molecule has 0 N–H and O–H groups in total. The van der Waals surface area contributed by atoms with E-state index in [2.05, 4.69) is 4.98 Å². The van der Waals surface area contributed by atoms with E-state index in [1.54, 1.807) is 13.3 Å². The SMILES string of the molecule is COCCCc1cnc(CCl)o1. The van der Waals surface area contributed by atoms with Crippen LogP contribution in [0.15, 0.2) is 10.6 Å². The van der Waals surface area contributed by atoms with Crippen molar-refractivity contribution in [3.63, 3.8) is 0 Å². The van der Waals surface area contributed by atoms with Crippen molar-refractivity contribution >= 4 is 11.6 Å². The highest BCUT2D eigenvalue weighted by atomic mass is 35.5. The zero-order chi connectivity index (χ0) is 8.81. The first-order chi connectivity index (χ1) is 5.86. The van der Waals surface area contributed by atoms with Gasteiger partial charge in [-0.25, -0.2) is 4.98 Å². The largest absolute Gasteiger partial charge is 0.444 e. The van der Waals surface area contributed by atoms with Crippen LogP contribution < -0.4 is 0 Å². The van der Waals surface area contributed by atoms with Crippen molar-refractivity contribution in [3.8, 4) is 0 Å². The van der Waals surface area contributed by atoms with Crippen LogP contribution >= 0.6 is 11.6 Å². The molecule has 0 saturated heterocycles. The highest BCUT2D eigenvalue weighted by Crippen LogP contribution is 2.07. The lowest BCUT2D eigenvalue weighted by molar-refractivity contribution is 0.193. The number of halogens is 1. The molecule has 3 nitrogen and oxygen atoms in total. The molecule has 0 saturated carbocycles. The summed E-state index contributed by atoms with van der Waals surface area (Å²) in [5.74, 6) is 1.80. The number of aryl methyl sites for hydroxylation is 1. The average Bonchev–Trinajstić information content (AvgIpc) is 2.53. The quantitative estimate of drug-likeness (QED) is 0.525. The van der Waals surface area contributed by atoms with E-state index < -0.39 is 0 Å². The van der Waals surface area contributed by atoms with Crippen molar-refractivity contribution < 1.29 is 9.15 Å². The van der Waals surface area contributed by atoms with E-state index in [1.807, 2.05) is 0 Å². The fourth-order valence-electron chi connectivity index (χ4n) is 0.916. The Morgan fingerprint density at radius 2 is 2.50 bits per heavy atom. The molecule has 1 rings (SSSR count). The van der Waals surface area contributed by atoms with Gasteiger partial charge in [-0.3, -0.25) is 0 Å². The highest BCUT2D eigenvalue weighted by molar-refractivity contribution is 6.16. The molecule has 0 aliphatic rings. The second-order valence-electron chi connectivity index (χ2n) is 2.45. The van der Waals surface area contributed by atoms with Crippen LogP contribution in [-0.4, -0.2) is 18.7 Å². The predicted molar refractivity (Wildman–Crippen MR) is 46.3 cm³/mol. The maximum Gasteiger partial charge on any atom is 0.209 e. The Kier molecular flexibility index (Phi) is 4.11. The molecule has 68 valence electrons. The van der Waals surface area contributed by atoms with Gasteiger partial charge in [0.2, 0.25) is 5.89 Å². The van der Waals surface area contributed by atoms with Crippen LogP contribution in [0.4, 0.5) is 0 Å². The number of ether oxygens (including phenoxy) is 1. The third-order valence-electron chi connectivity index (χ3n) is 1.49. The minimum absolute atomic E-state index is 0.338. The minimum atomic E-state index is 0.338. The molecule has 0 bridgehead atoms. The first-order valence-corrected chi connectivity index (χ1v) is 4.38. The van der Waals surface area contributed by atoms with Gasteiger partial charge in [0.05, 0.1) is 12.1 Å². The summed E-state index contributed by atoms with van der Waals surface area (Å²) < 4.78 is 10.2. The molecule has 0 fully saturated rings. The number of oxazole rings is 1. The van der Waals surface area contributed by atoms with Crippen molar-refractivity contribution in [2.45, 2.75) is 18.7 Å². The second kappa shape index (κ2) is 5.17. The Hall–Kier alpha value is -0.540. The number of hydrogen-bond donors (Lipinski definition) is 0. The maximum atomic E-state index is 5.52. The van der Waals surface area contributed by atoms with Gasteiger partial charge in [0, 0.05) is 20.1 Å². The van der Waals surface area contributed by atoms with Crippen molar-refractivity contribution in [1.82, 2.24) is 4.98 Å². The van der Waals surface area contributed by atoms with Crippen LogP contribution in [0.2, 0.25) is 0 Å². The first kappa shape index (κ1) is 9.55. The van der Waals surface area contributed by atoms with E-state index in [0.717, 1.165) is 25.2 Å². The number of hydrogen-bond acceptors (Lipinski definition) is 3. The molecule has 0 atom stereocenters. The van der Waals surface area contributed by atoms with E-state index in [9.17, 15) is 0 Å². The van der Waals surface area contributed by atoms with Gasteiger partial charge in [-0.1, -0.05) is 0 Å². The van der Waals surface area contributed by atoms with Crippen LogP contribution in [0.25, 0.3) is 0 Å². The molecule has 0 radical (unpaired) electrons. The van der Waals surface area contributed by atoms with Crippen LogP contribution in [0.3, 0.4) is 0 Å².